The first kappa shape index (κ1) is 36.2. The average Bonchev–Trinajstić information content (AvgIpc) is 3.22. The number of hydrogen-bond acceptors (Lipinski definition) is 4. The van der Waals surface area contributed by atoms with Gasteiger partial charge in [-0.25, -0.2) is 0 Å². The van der Waals surface area contributed by atoms with Gasteiger partial charge in [-0.05, 0) is 121 Å². The molecule has 0 saturated carbocycles. The van der Waals surface area contributed by atoms with Crippen molar-refractivity contribution in [3.63, 3.8) is 0 Å². The molecule has 8 rings (SSSR count). The standard InChI is InChI=1S/C24H20N2.C18H14BrN.C6H7N/c1-4-10-20(11-5-1)25-21-16-18-24(19-17-21)26(22-12-6-2-7-13-22)23-14-8-3-9-15-23;19-15-11-13-18(14-12-15)20(16-7-3-1-4-8-16)17-9-5-2-6-10-17;7-6-4-2-1-3-5-6/h1-19,25H;1-14H;1-5H,7H2. The molecule has 0 bridgehead atoms. The molecule has 0 saturated heterocycles. The van der Waals surface area contributed by atoms with E-state index in [4.69, 9.17) is 5.73 Å². The quantitative estimate of drug-likeness (QED) is 0.152. The molecule has 0 amide bonds. The summed E-state index contributed by atoms with van der Waals surface area (Å²) in [5, 5.41) is 3.43. The second-order valence-electron chi connectivity index (χ2n) is 11.9. The molecular weight excluding hydrogens is 712 g/mol. The molecule has 5 heteroatoms. The molecule has 260 valence electrons. The van der Waals surface area contributed by atoms with Crippen LogP contribution in [0.4, 0.5) is 51.2 Å². The summed E-state index contributed by atoms with van der Waals surface area (Å²) in [6.45, 7) is 0. The van der Waals surface area contributed by atoms with E-state index < -0.39 is 0 Å². The first-order valence-electron chi connectivity index (χ1n) is 17.4. The topological polar surface area (TPSA) is 44.5 Å². The number of benzene rings is 8. The van der Waals surface area contributed by atoms with E-state index in [1.807, 2.05) is 72.8 Å². The van der Waals surface area contributed by atoms with Gasteiger partial charge in [0.1, 0.15) is 0 Å². The van der Waals surface area contributed by atoms with Crippen molar-refractivity contribution < 1.29 is 0 Å². The first-order valence-corrected chi connectivity index (χ1v) is 18.2. The Balaban J connectivity index is 0.000000157. The first-order chi connectivity index (χ1) is 26.1. The van der Waals surface area contributed by atoms with Crippen molar-refractivity contribution in [2.75, 3.05) is 20.9 Å². The number of anilines is 9. The Kier molecular flexibility index (Phi) is 13.1. The lowest BCUT2D eigenvalue weighted by Gasteiger charge is -2.25. The minimum absolute atomic E-state index is 0.822. The number of halogens is 1. The summed E-state index contributed by atoms with van der Waals surface area (Å²) in [6.07, 6.45) is 0. The van der Waals surface area contributed by atoms with E-state index in [2.05, 4.69) is 189 Å². The van der Waals surface area contributed by atoms with E-state index in [0.29, 0.717) is 0 Å². The highest BCUT2D eigenvalue weighted by molar-refractivity contribution is 9.10. The lowest BCUT2D eigenvalue weighted by atomic mass is 10.2. The fourth-order valence-corrected chi connectivity index (χ4v) is 5.89. The molecule has 0 aliphatic rings. The van der Waals surface area contributed by atoms with Gasteiger partial charge in [0.15, 0.2) is 0 Å². The van der Waals surface area contributed by atoms with Crippen LogP contribution in [0.3, 0.4) is 0 Å². The van der Waals surface area contributed by atoms with Gasteiger partial charge in [-0.3, -0.25) is 0 Å². The summed E-state index contributed by atoms with van der Waals surface area (Å²) in [6, 6.07) is 78.2. The second kappa shape index (κ2) is 19.2. The van der Waals surface area contributed by atoms with E-state index >= 15 is 0 Å². The largest absolute Gasteiger partial charge is 0.399 e. The molecule has 0 spiro atoms. The number of nitrogens with two attached hydrogens (primary N) is 1. The van der Waals surface area contributed by atoms with E-state index in [9.17, 15) is 0 Å². The fourth-order valence-electron chi connectivity index (χ4n) is 5.63. The fraction of sp³-hybridized carbons (Fsp3) is 0. The highest BCUT2D eigenvalue weighted by Crippen LogP contribution is 2.36. The zero-order chi connectivity index (χ0) is 36.5. The Morgan fingerprint density at radius 1 is 0.302 bits per heavy atom. The van der Waals surface area contributed by atoms with Crippen LogP contribution < -0.4 is 20.9 Å². The smallest absolute Gasteiger partial charge is 0.0463 e. The summed E-state index contributed by atoms with van der Waals surface area (Å²) in [5.74, 6) is 0. The van der Waals surface area contributed by atoms with Gasteiger partial charge in [-0.1, -0.05) is 125 Å². The number of hydrogen-bond donors (Lipinski definition) is 2. The van der Waals surface area contributed by atoms with Gasteiger partial charge in [-0.2, -0.15) is 0 Å². The zero-order valence-electron chi connectivity index (χ0n) is 29.3. The third kappa shape index (κ3) is 10.7. The van der Waals surface area contributed by atoms with Crippen LogP contribution in [0.25, 0.3) is 0 Å². The predicted octanol–water partition coefficient (Wildman–Crippen LogP) is 14.1. The van der Waals surface area contributed by atoms with Crippen molar-refractivity contribution in [2.24, 2.45) is 0 Å². The SMILES string of the molecule is Brc1ccc(N(c2ccccc2)c2ccccc2)cc1.Nc1ccccc1.c1ccc(Nc2ccc(N(c3ccccc3)c3ccccc3)cc2)cc1. The highest BCUT2D eigenvalue weighted by atomic mass is 79.9. The number of nitrogens with one attached hydrogen (secondary N) is 1. The Morgan fingerprint density at radius 3 is 0.887 bits per heavy atom. The van der Waals surface area contributed by atoms with Crippen LogP contribution in [0, 0.1) is 0 Å². The summed E-state index contributed by atoms with van der Waals surface area (Å²) in [4.78, 5) is 4.50. The second-order valence-corrected chi connectivity index (χ2v) is 12.9. The van der Waals surface area contributed by atoms with Gasteiger partial charge in [-0.15, -0.1) is 0 Å². The van der Waals surface area contributed by atoms with Crippen molar-refractivity contribution in [3.05, 3.63) is 235 Å². The number of nitrogens with zero attached hydrogens (tertiary/aromatic N) is 2. The van der Waals surface area contributed by atoms with Crippen molar-refractivity contribution in [1.29, 1.82) is 0 Å². The molecule has 3 N–H and O–H groups in total. The molecule has 0 atom stereocenters. The van der Waals surface area contributed by atoms with Gasteiger partial charge in [0, 0.05) is 55.7 Å². The van der Waals surface area contributed by atoms with Crippen LogP contribution in [0.2, 0.25) is 0 Å². The van der Waals surface area contributed by atoms with Crippen molar-refractivity contribution in [2.45, 2.75) is 0 Å². The maximum absolute atomic E-state index is 5.36. The summed E-state index contributed by atoms with van der Waals surface area (Å²) in [5.41, 5.74) is 15.2. The van der Waals surface area contributed by atoms with E-state index in [0.717, 1.165) is 55.7 Å². The Labute approximate surface area is 321 Å². The molecule has 53 heavy (non-hydrogen) atoms. The minimum atomic E-state index is 0.822. The number of para-hydroxylation sites is 6. The maximum atomic E-state index is 5.36. The van der Waals surface area contributed by atoms with Gasteiger partial charge in [0.25, 0.3) is 0 Å². The highest BCUT2D eigenvalue weighted by Gasteiger charge is 2.12. The van der Waals surface area contributed by atoms with Crippen LogP contribution in [-0.4, -0.2) is 0 Å². The van der Waals surface area contributed by atoms with Gasteiger partial charge >= 0.3 is 0 Å². The van der Waals surface area contributed by atoms with Gasteiger partial charge in [0.2, 0.25) is 0 Å². The molecule has 0 unspecified atom stereocenters. The van der Waals surface area contributed by atoms with Crippen LogP contribution in [0.15, 0.2) is 235 Å². The zero-order valence-corrected chi connectivity index (χ0v) is 30.9. The Morgan fingerprint density at radius 2 is 0.566 bits per heavy atom. The Bertz CT molecular complexity index is 2110. The van der Waals surface area contributed by atoms with Crippen molar-refractivity contribution in [1.82, 2.24) is 0 Å². The van der Waals surface area contributed by atoms with Crippen LogP contribution in [-0.2, 0) is 0 Å². The van der Waals surface area contributed by atoms with E-state index in [-0.39, 0.29) is 0 Å². The molecule has 0 radical (unpaired) electrons. The van der Waals surface area contributed by atoms with E-state index in [1.165, 1.54) is 0 Å². The molecule has 8 aromatic carbocycles. The number of rotatable bonds is 8. The van der Waals surface area contributed by atoms with Crippen LogP contribution >= 0.6 is 15.9 Å². The van der Waals surface area contributed by atoms with Crippen molar-refractivity contribution >= 4 is 67.1 Å². The minimum Gasteiger partial charge on any atom is -0.399 e. The molecule has 0 aliphatic heterocycles. The maximum Gasteiger partial charge on any atom is 0.0463 e. The molecule has 0 fully saturated rings. The molecule has 0 aromatic heterocycles. The predicted molar refractivity (Wildman–Crippen MR) is 231 cm³/mol. The third-order valence-corrected chi connectivity index (χ3v) is 8.66. The van der Waals surface area contributed by atoms with Gasteiger partial charge < -0.3 is 20.9 Å². The normalized spacial score (nSPS) is 10.1. The van der Waals surface area contributed by atoms with Crippen molar-refractivity contribution in [3.8, 4) is 0 Å². The monoisotopic (exact) mass is 752 g/mol. The molecule has 8 aromatic rings. The lowest BCUT2D eigenvalue weighted by Crippen LogP contribution is -2.09. The Hall–Kier alpha value is -6.56. The van der Waals surface area contributed by atoms with Gasteiger partial charge in [0.05, 0.1) is 0 Å². The van der Waals surface area contributed by atoms with Crippen LogP contribution in [0.5, 0.6) is 0 Å². The summed E-state index contributed by atoms with van der Waals surface area (Å²) >= 11 is 3.49. The summed E-state index contributed by atoms with van der Waals surface area (Å²) < 4.78 is 1.09. The molecular formula is C48H41BrN4. The van der Waals surface area contributed by atoms with Crippen LogP contribution in [0.1, 0.15) is 0 Å². The third-order valence-electron chi connectivity index (χ3n) is 8.13. The average molecular weight is 754 g/mol. The molecule has 4 nitrogen and oxygen atoms in total. The summed E-state index contributed by atoms with van der Waals surface area (Å²) in [7, 11) is 0. The molecule has 0 aliphatic carbocycles. The lowest BCUT2D eigenvalue weighted by molar-refractivity contribution is 1.28. The number of nitrogen functional groups attached to an aromatic ring is 1. The molecule has 0 heterocycles. The van der Waals surface area contributed by atoms with E-state index in [1.54, 1.807) is 0 Å².